The lowest BCUT2D eigenvalue weighted by atomic mass is 10.1. The van der Waals surface area contributed by atoms with Crippen molar-refractivity contribution < 1.29 is 9.59 Å². The molecular weight excluding hydrogens is 326 g/mol. The molecule has 5 nitrogen and oxygen atoms in total. The molecule has 2 amide bonds. The number of likely N-dealkylation sites (N-methyl/N-ethyl adjacent to an activating group) is 1. The zero-order valence-corrected chi connectivity index (χ0v) is 15.7. The molecule has 0 aliphatic rings. The van der Waals surface area contributed by atoms with Gasteiger partial charge in [0.15, 0.2) is 0 Å². The number of amides is 2. The summed E-state index contributed by atoms with van der Waals surface area (Å²) < 4.78 is 0. The number of anilines is 1. The Morgan fingerprint density at radius 3 is 2.31 bits per heavy atom. The molecule has 2 rings (SSSR count). The highest BCUT2D eigenvalue weighted by Crippen LogP contribution is 2.13. The van der Waals surface area contributed by atoms with Crippen molar-refractivity contribution in [1.82, 2.24) is 9.80 Å². The number of nitrogens with zero attached hydrogens (tertiary/aromatic N) is 2. The predicted molar refractivity (Wildman–Crippen MR) is 105 cm³/mol. The maximum atomic E-state index is 12.3. The predicted octanol–water partition coefficient (Wildman–Crippen LogP) is 2.78. The van der Waals surface area contributed by atoms with Gasteiger partial charge in [-0.1, -0.05) is 42.5 Å². The number of benzene rings is 2. The summed E-state index contributed by atoms with van der Waals surface area (Å²) in [6.45, 7) is 1.04. The molecule has 0 atom stereocenters. The number of nitrogens with one attached hydrogen (secondary N) is 1. The van der Waals surface area contributed by atoms with Gasteiger partial charge in [0.25, 0.3) is 0 Å². The molecule has 0 saturated heterocycles. The Morgan fingerprint density at radius 2 is 1.62 bits per heavy atom. The van der Waals surface area contributed by atoms with E-state index in [1.165, 1.54) is 5.56 Å². The van der Waals surface area contributed by atoms with Crippen molar-refractivity contribution >= 4 is 17.5 Å². The summed E-state index contributed by atoms with van der Waals surface area (Å²) in [4.78, 5) is 27.5. The molecule has 0 unspecified atom stereocenters. The zero-order valence-electron chi connectivity index (χ0n) is 15.7. The van der Waals surface area contributed by atoms with Gasteiger partial charge < -0.3 is 10.2 Å². The molecule has 0 radical (unpaired) electrons. The van der Waals surface area contributed by atoms with Crippen LogP contribution in [0, 0.1) is 0 Å². The summed E-state index contributed by atoms with van der Waals surface area (Å²) in [6.07, 6.45) is 1.12. The molecule has 138 valence electrons. The first kappa shape index (κ1) is 19.7. The summed E-state index contributed by atoms with van der Waals surface area (Å²) in [5.41, 5.74) is 2.98. The zero-order chi connectivity index (χ0) is 18.9. The van der Waals surface area contributed by atoms with Crippen LogP contribution in [0.4, 0.5) is 5.69 Å². The van der Waals surface area contributed by atoms with Gasteiger partial charge in [0.1, 0.15) is 0 Å². The minimum Gasteiger partial charge on any atom is -0.349 e. The van der Waals surface area contributed by atoms with Gasteiger partial charge in [0.2, 0.25) is 11.8 Å². The van der Waals surface area contributed by atoms with E-state index in [1.807, 2.05) is 66.5 Å². The van der Waals surface area contributed by atoms with Gasteiger partial charge in [0, 0.05) is 32.7 Å². The molecule has 26 heavy (non-hydrogen) atoms. The smallest absolute Gasteiger partial charge is 0.238 e. The summed E-state index contributed by atoms with van der Waals surface area (Å²) in [6, 6.07) is 17.7. The molecular formula is C21H27N3O2. The normalized spacial score (nSPS) is 10.6. The van der Waals surface area contributed by atoms with Crippen molar-refractivity contribution in [2.45, 2.75) is 19.4 Å². The van der Waals surface area contributed by atoms with Crippen molar-refractivity contribution in [3.63, 3.8) is 0 Å². The summed E-state index contributed by atoms with van der Waals surface area (Å²) in [5, 5.41) is 2.93. The number of hydrogen-bond acceptors (Lipinski definition) is 3. The summed E-state index contributed by atoms with van der Waals surface area (Å²) >= 11 is 0. The molecule has 2 aromatic carbocycles. The van der Waals surface area contributed by atoms with Crippen molar-refractivity contribution in [2.24, 2.45) is 0 Å². The quantitative estimate of drug-likeness (QED) is 0.794. The van der Waals surface area contributed by atoms with E-state index in [0.717, 1.165) is 17.8 Å². The van der Waals surface area contributed by atoms with E-state index in [-0.39, 0.29) is 11.8 Å². The molecule has 2 aromatic rings. The Labute approximate surface area is 155 Å². The number of carbonyl (C=O) groups is 2. The van der Waals surface area contributed by atoms with Gasteiger partial charge in [-0.2, -0.15) is 0 Å². The minimum absolute atomic E-state index is 0.0510. The third-order valence-electron chi connectivity index (χ3n) is 4.05. The van der Waals surface area contributed by atoms with Crippen LogP contribution in [0.15, 0.2) is 54.6 Å². The van der Waals surface area contributed by atoms with Gasteiger partial charge >= 0.3 is 0 Å². The molecule has 0 bridgehead atoms. The average molecular weight is 353 g/mol. The molecule has 0 aromatic heterocycles. The Balaban J connectivity index is 1.84. The van der Waals surface area contributed by atoms with Crippen LogP contribution in [0.1, 0.15) is 17.5 Å². The molecule has 0 spiro atoms. The van der Waals surface area contributed by atoms with Crippen molar-refractivity contribution in [3.05, 3.63) is 65.7 Å². The largest absolute Gasteiger partial charge is 0.349 e. The first-order valence-corrected chi connectivity index (χ1v) is 8.75. The van der Waals surface area contributed by atoms with Crippen LogP contribution in [0.2, 0.25) is 0 Å². The second kappa shape index (κ2) is 9.73. The van der Waals surface area contributed by atoms with Gasteiger partial charge in [-0.15, -0.1) is 0 Å². The molecule has 0 fully saturated rings. The van der Waals surface area contributed by atoms with E-state index in [4.69, 9.17) is 0 Å². The fourth-order valence-corrected chi connectivity index (χ4v) is 2.68. The van der Waals surface area contributed by atoms with Crippen LogP contribution < -0.4 is 5.32 Å². The minimum atomic E-state index is -0.0510. The monoisotopic (exact) mass is 353 g/mol. The number of carbonyl (C=O) groups excluding carboxylic acids is 2. The lowest BCUT2D eigenvalue weighted by Crippen LogP contribution is -2.29. The molecule has 0 saturated carbocycles. The van der Waals surface area contributed by atoms with Crippen molar-refractivity contribution in [1.29, 1.82) is 0 Å². The Bertz CT molecular complexity index is 729. The van der Waals surface area contributed by atoms with Gasteiger partial charge in [-0.25, -0.2) is 0 Å². The second-order valence-electron chi connectivity index (χ2n) is 6.69. The van der Waals surface area contributed by atoms with Crippen molar-refractivity contribution in [2.75, 3.05) is 33.0 Å². The lowest BCUT2D eigenvalue weighted by molar-refractivity contribution is -0.128. The standard InChI is InChI=1S/C21H27N3O2/c1-23(2)21(26)13-12-17-10-7-11-19(14-17)22-20(25)16-24(3)15-18-8-5-4-6-9-18/h4-11,14H,12-13,15-16H2,1-3H3,(H,22,25). The molecule has 0 aliphatic carbocycles. The van der Waals surface area contributed by atoms with Crippen LogP contribution in [-0.4, -0.2) is 49.3 Å². The van der Waals surface area contributed by atoms with E-state index >= 15 is 0 Å². The van der Waals surface area contributed by atoms with Crippen molar-refractivity contribution in [3.8, 4) is 0 Å². The highest BCUT2D eigenvalue weighted by atomic mass is 16.2. The van der Waals surface area contributed by atoms with E-state index in [0.29, 0.717) is 19.4 Å². The first-order chi connectivity index (χ1) is 12.4. The van der Waals surface area contributed by atoms with Crippen LogP contribution in [0.3, 0.4) is 0 Å². The average Bonchev–Trinajstić information content (AvgIpc) is 2.60. The fourth-order valence-electron chi connectivity index (χ4n) is 2.68. The van der Waals surface area contributed by atoms with E-state index in [1.54, 1.807) is 19.0 Å². The maximum Gasteiger partial charge on any atom is 0.238 e. The molecule has 0 heterocycles. The van der Waals surface area contributed by atoms with E-state index in [9.17, 15) is 9.59 Å². The Morgan fingerprint density at radius 1 is 0.923 bits per heavy atom. The SMILES string of the molecule is CN(CC(=O)Nc1cccc(CCC(=O)N(C)C)c1)Cc1ccccc1. The van der Waals surface area contributed by atoms with Gasteiger partial charge in [0.05, 0.1) is 6.54 Å². The van der Waals surface area contributed by atoms with Crippen LogP contribution in [0.25, 0.3) is 0 Å². The Hall–Kier alpha value is -2.66. The van der Waals surface area contributed by atoms with E-state index < -0.39 is 0 Å². The van der Waals surface area contributed by atoms with Crippen LogP contribution in [-0.2, 0) is 22.6 Å². The topological polar surface area (TPSA) is 52.7 Å². The second-order valence-corrected chi connectivity index (χ2v) is 6.69. The molecule has 1 N–H and O–H groups in total. The van der Waals surface area contributed by atoms with Gasteiger partial charge in [-0.05, 0) is 36.7 Å². The number of rotatable bonds is 8. The fraction of sp³-hybridized carbons (Fsp3) is 0.333. The highest BCUT2D eigenvalue weighted by molar-refractivity contribution is 5.92. The Kier molecular flexibility index (Phi) is 7.36. The highest BCUT2D eigenvalue weighted by Gasteiger charge is 2.09. The third kappa shape index (κ3) is 6.69. The molecule has 5 heteroatoms. The molecule has 0 aliphatic heterocycles. The number of hydrogen-bond donors (Lipinski definition) is 1. The third-order valence-corrected chi connectivity index (χ3v) is 4.05. The summed E-state index contributed by atoms with van der Waals surface area (Å²) in [5.74, 6) is 0.0481. The van der Waals surface area contributed by atoms with E-state index in [2.05, 4.69) is 5.32 Å². The lowest BCUT2D eigenvalue weighted by Gasteiger charge is -2.16. The first-order valence-electron chi connectivity index (χ1n) is 8.75. The summed E-state index contributed by atoms with van der Waals surface area (Å²) in [7, 11) is 5.44. The number of aryl methyl sites for hydroxylation is 1. The van der Waals surface area contributed by atoms with Gasteiger partial charge in [-0.3, -0.25) is 14.5 Å². The van der Waals surface area contributed by atoms with Crippen LogP contribution in [0.5, 0.6) is 0 Å². The van der Waals surface area contributed by atoms with Crippen LogP contribution >= 0.6 is 0 Å². The maximum absolute atomic E-state index is 12.3.